The fraction of sp³-hybridized carbons (Fsp3) is 0.154. The van der Waals surface area contributed by atoms with Gasteiger partial charge in [0.2, 0.25) is 11.9 Å². The van der Waals surface area contributed by atoms with Crippen LogP contribution in [0.1, 0.15) is 22.3 Å². The number of nitrogens with one attached hydrogen (secondary N) is 2. The van der Waals surface area contributed by atoms with E-state index in [-0.39, 0.29) is 6.61 Å². The molecule has 2 heterocycles. The average Bonchev–Trinajstić information content (AvgIpc) is 3.28. The van der Waals surface area contributed by atoms with E-state index in [4.69, 9.17) is 25.8 Å². The molecule has 0 radical (unpaired) electrons. The number of primary amides is 1. The second-order valence-corrected chi connectivity index (χ2v) is 9.22. The van der Waals surface area contributed by atoms with E-state index in [1.54, 1.807) is 23.5 Å². The summed E-state index contributed by atoms with van der Waals surface area (Å²) in [6, 6.07) is 19.1. The first kappa shape index (κ1) is 22.7. The third kappa shape index (κ3) is 4.91. The molecule has 9 heteroatoms. The van der Waals surface area contributed by atoms with E-state index in [2.05, 4.69) is 16.7 Å². The minimum atomic E-state index is -0.450. The number of hydrogen-bond acceptors (Lipinski definition) is 8. The summed E-state index contributed by atoms with van der Waals surface area (Å²) in [6.45, 7) is 2.77. The van der Waals surface area contributed by atoms with Crippen molar-refractivity contribution in [1.29, 1.82) is 0 Å². The number of rotatable bonds is 8. The van der Waals surface area contributed by atoms with Crippen LogP contribution in [0.3, 0.4) is 0 Å². The van der Waals surface area contributed by atoms with Crippen LogP contribution in [0.5, 0.6) is 0 Å². The number of anilines is 3. The lowest BCUT2D eigenvalue weighted by atomic mass is 10.1. The van der Waals surface area contributed by atoms with Gasteiger partial charge in [0, 0.05) is 35.4 Å². The molecular weight excluding hydrogens is 460 g/mol. The van der Waals surface area contributed by atoms with E-state index in [0.717, 1.165) is 48.8 Å². The maximum absolute atomic E-state index is 11.3. The van der Waals surface area contributed by atoms with Crippen LogP contribution in [0, 0.1) is 6.92 Å². The second kappa shape index (κ2) is 9.65. The first-order valence-corrected chi connectivity index (χ1v) is 12.0. The fourth-order valence-corrected chi connectivity index (χ4v) is 4.76. The van der Waals surface area contributed by atoms with Gasteiger partial charge in [-0.1, -0.05) is 23.8 Å². The Bertz CT molecular complexity index is 1530. The number of hydrogen-bond donors (Lipinski definition) is 4. The zero-order valence-electron chi connectivity index (χ0n) is 19.1. The third-order valence-corrected chi connectivity index (χ3v) is 6.61. The quantitative estimate of drug-likeness (QED) is 0.232. The van der Waals surface area contributed by atoms with Gasteiger partial charge < -0.3 is 21.5 Å². The highest BCUT2D eigenvalue weighted by Gasteiger charge is 2.11. The molecule has 0 aliphatic carbocycles. The molecule has 0 unspecified atom stereocenters. The van der Waals surface area contributed by atoms with Gasteiger partial charge in [-0.05, 0) is 55.8 Å². The standard InChI is InChI=1S/C26H24N6O2S/c1-15-3-9-20-19(13-15)24(28-11-2-12-33)32-26(31-20)29-18-8-10-21-22(14-18)35-25(30-21)17-6-4-16(5-7-17)23(27)34/h3-10,13-14,33H,2,11-12H2,1H3,(H2,27,34)(H2,28,29,31,32). The predicted octanol–water partition coefficient (Wildman–Crippen LogP) is 4.85. The number of aryl methyl sites for hydroxylation is 1. The molecule has 0 bridgehead atoms. The van der Waals surface area contributed by atoms with Gasteiger partial charge in [0.1, 0.15) is 10.8 Å². The van der Waals surface area contributed by atoms with E-state index in [9.17, 15) is 4.79 Å². The molecular formula is C26H24N6O2S. The Hall–Kier alpha value is -4.08. The SMILES string of the molecule is Cc1ccc2nc(Nc3ccc4nc(-c5ccc(C(N)=O)cc5)sc4c3)nc(NCCCO)c2c1. The Morgan fingerprint density at radius 1 is 1.00 bits per heavy atom. The number of nitrogens with zero attached hydrogens (tertiary/aromatic N) is 3. The van der Waals surface area contributed by atoms with Gasteiger partial charge in [-0.25, -0.2) is 9.97 Å². The van der Waals surface area contributed by atoms with Crippen LogP contribution in [-0.4, -0.2) is 39.1 Å². The van der Waals surface area contributed by atoms with E-state index >= 15 is 0 Å². The molecule has 5 N–H and O–H groups in total. The van der Waals surface area contributed by atoms with Gasteiger partial charge in [-0.2, -0.15) is 4.98 Å². The first-order valence-electron chi connectivity index (χ1n) is 11.2. The molecule has 8 nitrogen and oxygen atoms in total. The molecule has 5 aromatic rings. The van der Waals surface area contributed by atoms with E-state index in [1.165, 1.54) is 0 Å². The van der Waals surface area contributed by atoms with Crippen LogP contribution in [0.25, 0.3) is 31.7 Å². The minimum Gasteiger partial charge on any atom is -0.396 e. The maximum Gasteiger partial charge on any atom is 0.248 e. The molecule has 2 aromatic heterocycles. The average molecular weight is 485 g/mol. The van der Waals surface area contributed by atoms with Crippen molar-refractivity contribution in [3.63, 3.8) is 0 Å². The number of aromatic nitrogens is 3. The van der Waals surface area contributed by atoms with Crippen LogP contribution >= 0.6 is 11.3 Å². The van der Waals surface area contributed by atoms with Crippen molar-refractivity contribution in [3.8, 4) is 10.6 Å². The number of amides is 1. The topological polar surface area (TPSA) is 126 Å². The van der Waals surface area contributed by atoms with Crippen molar-refractivity contribution in [3.05, 3.63) is 71.8 Å². The Morgan fingerprint density at radius 2 is 1.80 bits per heavy atom. The van der Waals surface area contributed by atoms with Crippen LogP contribution < -0.4 is 16.4 Å². The Labute approximate surface area is 205 Å². The number of aliphatic hydroxyl groups is 1. The van der Waals surface area contributed by atoms with E-state index in [1.807, 2.05) is 49.4 Å². The van der Waals surface area contributed by atoms with Gasteiger partial charge in [0.25, 0.3) is 0 Å². The number of benzene rings is 3. The van der Waals surface area contributed by atoms with Crippen molar-refractivity contribution < 1.29 is 9.90 Å². The van der Waals surface area contributed by atoms with Crippen LogP contribution in [0.4, 0.5) is 17.5 Å². The molecule has 3 aromatic carbocycles. The van der Waals surface area contributed by atoms with Gasteiger partial charge in [0.05, 0.1) is 15.7 Å². The highest BCUT2D eigenvalue weighted by molar-refractivity contribution is 7.21. The fourth-order valence-electron chi connectivity index (χ4n) is 3.75. The predicted molar refractivity (Wildman–Crippen MR) is 141 cm³/mol. The molecule has 0 fully saturated rings. The molecule has 35 heavy (non-hydrogen) atoms. The van der Waals surface area contributed by atoms with Gasteiger partial charge >= 0.3 is 0 Å². The highest BCUT2D eigenvalue weighted by Crippen LogP contribution is 2.33. The summed E-state index contributed by atoms with van der Waals surface area (Å²) in [5.41, 5.74) is 10.4. The van der Waals surface area contributed by atoms with Crippen molar-refractivity contribution in [2.45, 2.75) is 13.3 Å². The normalized spacial score (nSPS) is 11.1. The Kier molecular flexibility index (Phi) is 6.26. The summed E-state index contributed by atoms with van der Waals surface area (Å²) in [5, 5.41) is 17.6. The van der Waals surface area contributed by atoms with Crippen LogP contribution in [0.15, 0.2) is 60.7 Å². The van der Waals surface area contributed by atoms with E-state index in [0.29, 0.717) is 24.5 Å². The number of nitrogens with two attached hydrogens (primary N) is 1. The molecule has 0 aliphatic heterocycles. The Morgan fingerprint density at radius 3 is 2.57 bits per heavy atom. The lowest BCUT2D eigenvalue weighted by Crippen LogP contribution is -2.10. The van der Waals surface area contributed by atoms with Gasteiger partial charge in [0.15, 0.2) is 0 Å². The zero-order valence-corrected chi connectivity index (χ0v) is 19.9. The lowest BCUT2D eigenvalue weighted by Gasteiger charge is -2.12. The largest absolute Gasteiger partial charge is 0.396 e. The summed E-state index contributed by atoms with van der Waals surface area (Å²) in [5.74, 6) is 0.767. The summed E-state index contributed by atoms with van der Waals surface area (Å²) >= 11 is 1.57. The summed E-state index contributed by atoms with van der Waals surface area (Å²) in [4.78, 5) is 25.4. The maximum atomic E-state index is 11.3. The van der Waals surface area contributed by atoms with Gasteiger partial charge in [-0.15, -0.1) is 11.3 Å². The van der Waals surface area contributed by atoms with Crippen LogP contribution in [0.2, 0.25) is 0 Å². The molecule has 0 spiro atoms. The van der Waals surface area contributed by atoms with Crippen molar-refractivity contribution >= 4 is 55.8 Å². The minimum absolute atomic E-state index is 0.117. The van der Waals surface area contributed by atoms with Crippen molar-refractivity contribution in [1.82, 2.24) is 15.0 Å². The number of carbonyl (C=O) groups excluding carboxylic acids is 1. The zero-order chi connectivity index (χ0) is 24.4. The third-order valence-electron chi connectivity index (χ3n) is 5.54. The van der Waals surface area contributed by atoms with Crippen molar-refractivity contribution in [2.75, 3.05) is 23.8 Å². The number of thiazole rings is 1. The van der Waals surface area contributed by atoms with E-state index < -0.39 is 5.91 Å². The highest BCUT2D eigenvalue weighted by atomic mass is 32.1. The summed E-state index contributed by atoms with van der Waals surface area (Å²) in [7, 11) is 0. The first-order chi connectivity index (χ1) is 17.0. The summed E-state index contributed by atoms with van der Waals surface area (Å²) in [6.07, 6.45) is 0.635. The molecule has 0 saturated heterocycles. The molecule has 0 aliphatic rings. The number of carbonyl (C=O) groups is 1. The van der Waals surface area contributed by atoms with Gasteiger partial charge in [-0.3, -0.25) is 4.79 Å². The second-order valence-electron chi connectivity index (χ2n) is 8.19. The molecule has 0 saturated carbocycles. The molecule has 1 amide bonds. The molecule has 176 valence electrons. The monoisotopic (exact) mass is 484 g/mol. The smallest absolute Gasteiger partial charge is 0.248 e. The van der Waals surface area contributed by atoms with Crippen LogP contribution in [-0.2, 0) is 0 Å². The van der Waals surface area contributed by atoms with Crippen molar-refractivity contribution in [2.24, 2.45) is 5.73 Å². The molecule has 5 rings (SSSR count). The summed E-state index contributed by atoms with van der Waals surface area (Å²) < 4.78 is 1.02. The lowest BCUT2D eigenvalue weighted by molar-refractivity contribution is 0.100. The number of aliphatic hydroxyl groups excluding tert-OH is 1. The molecule has 0 atom stereocenters. The number of fused-ring (bicyclic) bond motifs is 2. The Balaban J connectivity index is 1.44.